The molecular weight excluding hydrogens is 182 g/mol. The molecule has 0 aliphatic rings. The highest BCUT2D eigenvalue weighted by Gasteiger charge is 1.93. The third-order valence-corrected chi connectivity index (χ3v) is 2.36. The highest BCUT2D eigenvalue weighted by molar-refractivity contribution is 7.98. The normalized spacial score (nSPS) is 11.1. The average Bonchev–Trinajstić information content (AvgIpc) is 2.09. The van der Waals surface area contributed by atoms with Gasteiger partial charge in [0.25, 0.3) is 0 Å². The van der Waals surface area contributed by atoms with Crippen LogP contribution in [0.1, 0.15) is 20.3 Å². The molecule has 0 radical (unpaired) electrons. The van der Waals surface area contributed by atoms with Crippen LogP contribution in [0.25, 0.3) is 0 Å². The van der Waals surface area contributed by atoms with Gasteiger partial charge in [-0.05, 0) is 18.6 Å². The van der Waals surface area contributed by atoms with E-state index in [2.05, 4.69) is 25.4 Å². The van der Waals surface area contributed by atoms with Crippen molar-refractivity contribution in [3.05, 3.63) is 0 Å². The van der Waals surface area contributed by atoms with E-state index in [1.165, 1.54) is 12.2 Å². The number of hydrogen-bond donors (Lipinski definition) is 1. The molecule has 3 heteroatoms. The highest BCUT2D eigenvalue weighted by atomic mass is 32.2. The van der Waals surface area contributed by atoms with Gasteiger partial charge < -0.3 is 10.1 Å². The van der Waals surface area contributed by atoms with Crippen LogP contribution >= 0.6 is 11.8 Å². The zero-order chi connectivity index (χ0) is 9.94. The molecular formula is C10H23NOS. The monoisotopic (exact) mass is 205 g/mol. The van der Waals surface area contributed by atoms with E-state index in [4.69, 9.17) is 4.74 Å². The summed E-state index contributed by atoms with van der Waals surface area (Å²) in [7, 11) is 0. The van der Waals surface area contributed by atoms with Crippen molar-refractivity contribution in [2.75, 3.05) is 38.3 Å². The Morgan fingerprint density at radius 3 is 2.62 bits per heavy atom. The summed E-state index contributed by atoms with van der Waals surface area (Å²) in [5.41, 5.74) is 0. The molecule has 0 saturated carbocycles. The third kappa shape index (κ3) is 12.3. The van der Waals surface area contributed by atoms with Crippen molar-refractivity contribution in [2.24, 2.45) is 5.92 Å². The highest BCUT2D eigenvalue weighted by Crippen LogP contribution is 1.98. The van der Waals surface area contributed by atoms with E-state index in [9.17, 15) is 0 Å². The van der Waals surface area contributed by atoms with E-state index in [1.54, 1.807) is 0 Å². The minimum Gasteiger partial charge on any atom is -0.380 e. The second-order valence-electron chi connectivity index (χ2n) is 3.54. The fourth-order valence-corrected chi connectivity index (χ4v) is 1.21. The SMILES string of the molecule is CSCCNCCOCCC(C)C. The van der Waals surface area contributed by atoms with E-state index >= 15 is 0 Å². The van der Waals surface area contributed by atoms with Crippen LogP contribution in [0.5, 0.6) is 0 Å². The number of nitrogens with one attached hydrogen (secondary N) is 1. The van der Waals surface area contributed by atoms with E-state index < -0.39 is 0 Å². The average molecular weight is 205 g/mol. The van der Waals surface area contributed by atoms with Gasteiger partial charge >= 0.3 is 0 Å². The lowest BCUT2D eigenvalue weighted by Gasteiger charge is -2.06. The van der Waals surface area contributed by atoms with Crippen LogP contribution in [-0.4, -0.2) is 38.3 Å². The van der Waals surface area contributed by atoms with Crippen LogP contribution in [-0.2, 0) is 4.74 Å². The van der Waals surface area contributed by atoms with Crippen LogP contribution < -0.4 is 5.32 Å². The first-order valence-corrected chi connectivity index (χ1v) is 6.44. The molecule has 0 bridgehead atoms. The summed E-state index contributed by atoms with van der Waals surface area (Å²) in [5.74, 6) is 1.94. The Bertz CT molecular complexity index is 98.9. The molecule has 0 aromatic heterocycles. The van der Waals surface area contributed by atoms with Gasteiger partial charge in [-0.3, -0.25) is 0 Å². The maximum absolute atomic E-state index is 5.46. The molecule has 0 aliphatic heterocycles. The summed E-state index contributed by atoms with van der Waals surface area (Å²) in [6, 6.07) is 0. The molecule has 2 nitrogen and oxygen atoms in total. The smallest absolute Gasteiger partial charge is 0.0590 e. The third-order valence-electron chi connectivity index (χ3n) is 1.75. The maximum atomic E-state index is 5.46. The number of hydrogen-bond acceptors (Lipinski definition) is 3. The van der Waals surface area contributed by atoms with Crippen LogP contribution in [0.3, 0.4) is 0 Å². The molecule has 0 saturated heterocycles. The van der Waals surface area contributed by atoms with Crippen molar-refractivity contribution in [1.29, 1.82) is 0 Å². The lowest BCUT2D eigenvalue weighted by molar-refractivity contribution is 0.126. The fourth-order valence-electron chi connectivity index (χ4n) is 0.865. The van der Waals surface area contributed by atoms with Crippen LogP contribution in [0.15, 0.2) is 0 Å². The molecule has 0 aromatic rings. The lowest BCUT2D eigenvalue weighted by Crippen LogP contribution is -2.22. The van der Waals surface area contributed by atoms with Crippen molar-refractivity contribution in [3.63, 3.8) is 0 Å². The summed E-state index contributed by atoms with van der Waals surface area (Å²) in [6.07, 6.45) is 3.30. The predicted octanol–water partition coefficient (Wildman–Crippen LogP) is 2.00. The minimum absolute atomic E-state index is 0.754. The quantitative estimate of drug-likeness (QED) is 0.582. The first-order valence-electron chi connectivity index (χ1n) is 5.04. The topological polar surface area (TPSA) is 21.3 Å². The summed E-state index contributed by atoms with van der Waals surface area (Å²) in [4.78, 5) is 0. The number of ether oxygens (including phenoxy) is 1. The van der Waals surface area contributed by atoms with Gasteiger partial charge in [-0.25, -0.2) is 0 Å². The second kappa shape index (κ2) is 10.4. The predicted molar refractivity (Wildman–Crippen MR) is 61.5 cm³/mol. The van der Waals surface area contributed by atoms with Crippen LogP contribution in [0.4, 0.5) is 0 Å². The molecule has 0 aromatic carbocycles. The molecule has 80 valence electrons. The Hall–Kier alpha value is 0.270. The Labute approximate surface area is 86.8 Å². The second-order valence-corrected chi connectivity index (χ2v) is 4.52. The molecule has 0 amide bonds. The van der Waals surface area contributed by atoms with E-state index in [-0.39, 0.29) is 0 Å². The van der Waals surface area contributed by atoms with Gasteiger partial charge in [0.05, 0.1) is 6.61 Å². The molecule has 0 fully saturated rings. The molecule has 13 heavy (non-hydrogen) atoms. The first-order chi connectivity index (χ1) is 6.27. The van der Waals surface area contributed by atoms with Gasteiger partial charge in [-0.15, -0.1) is 0 Å². The molecule has 0 heterocycles. The van der Waals surface area contributed by atoms with E-state index in [0.717, 1.165) is 32.2 Å². The molecule has 0 unspecified atom stereocenters. The Kier molecular flexibility index (Phi) is 10.6. The van der Waals surface area contributed by atoms with Gasteiger partial charge in [0.15, 0.2) is 0 Å². The van der Waals surface area contributed by atoms with Gasteiger partial charge in [-0.2, -0.15) is 11.8 Å². The molecule has 0 spiro atoms. The molecule has 0 rings (SSSR count). The summed E-state index contributed by atoms with van der Waals surface area (Å²) in [5, 5.41) is 3.33. The number of rotatable bonds is 9. The fraction of sp³-hybridized carbons (Fsp3) is 1.00. The van der Waals surface area contributed by atoms with Crippen molar-refractivity contribution in [2.45, 2.75) is 20.3 Å². The molecule has 0 atom stereocenters. The first kappa shape index (κ1) is 13.3. The van der Waals surface area contributed by atoms with Gasteiger partial charge in [0.1, 0.15) is 0 Å². The zero-order valence-electron chi connectivity index (χ0n) is 9.14. The Balaban J connectivity index is 2.84. The standard InChI is InChI=1S/C10H23NOS/c1-10(2)4-7-12-8-5-11-6-9-13-3/h10-11H,4-9H2,1-3H3. The summed E-state index contributed by atoms with van der Waals surface area (Å²) < 4.78 is 5.46. The van der Waals surface area contributed by atoms with Crippen molar-refractivity contribution < 1.29 is 4.74 Å². The zero-order valence-corrected chi connectivity index (χ0v) is 9.95. The van der Waals surface area contributed by atoms with Crippen molar-refractivity contribution >= 4 is 11.8 Å². The van der Waals surface area contributed by atoms with Gasteiger partial charge in [-0.1, -0.05) is 13.8 Å². The van der Waals surface area contributed by atoms with Crippen molar-refractivity contribution in [3.8, 4) is 0 Å². The maximum Gasteiger partial charge on any atom is 0.0590 e. The summed E-state index contributed by atoms with van der Waals surface area (Å²) in [6.45, 7) is 8.27. The lowest BCUT2D eigenvalue weighted by atomic mass is 10.1. The largest absolute Gasteiger partial charge is 0.380 e. The molecule has 1 N–H and O–H groups in total. The van der Waals surface area contributed by atoms with E-state index in [1.807, 2.05) is 11.8 Å². The van der Waals surface area contributed by atoms with Crippen LogP contribution in [0, 0.1) is 5.92 Å². The summed E-state index contributed by atoms with van der Waals surface area (Å²) >= 11 is 1.87. The Morgan fingerprint density at radius 1 is 1.23 bits per heavy atom. The van der Waals surface area contributed by atoms with Gasteiger partial charge in [0, 0.05) is 25.4 Å². The Morgan fingerprint density at radius 2 is 2.00 bits per heavy atom. The van der Waals surface area contributed by atoms with Crippen LogP contribution in [0.2, 0.25) is 0 Å². The van der Waals surface area contributed by atoms with Crippen molar-refractivity contribution in [1.82, 2.24) is 5.32 Å². The molecule has 0 aliphatic carbocycles. The number of thioether (sulfide) groups is 1. The van der Waals surface area contributed by atoms with Gasteiger partial charge in [0.2, 0.25) is 0 Å². The minimum atomic E-state index is 0.754. The van der Waals surface area contributed by atoms with E-state index in [0.29, 0.717) is 0 Å².